The molecule has 0 radical (unpaired) electrons. The van der Waals surface area contributed by atoms with Crippen LogP contribution in [0.2, 0.25) is 5.02 Å². The second-order valence-electron chi connectivity index (χ2n) is 5.02. The highest BCUT2D eigenvalue weighted by atomic mass is 35.5. The molecule has 1 amide bonds. The van der Waals surface area contributed by atoms with Crippen LogP contribution in [0, 0.1) is 5.82 Å². The highest BCUT2D eigenvalue weighted by Gasteiger charge is 2.05. The first-order valence-electron chi connectivity index (χ1n) is 7.06. The van der Waals surface area contributed by atoms with Gasteiger partial charge < -0.3 is 10.6 Å². The van der Waals surface area contributed by atoms with Crippen molar-refractivity contribution in [1.29, 1.82) is 0 Å². The maximum atomic E-state index is 13.7. The van der Waals surface area contributed by atoms with E-state index in [1.54, 1.807) is 18.2 Å². The second-order valence-corrected chi connectivity index (χ2v) is 5.43. The molecular weight excluding hydrogens is 303 g/mol. The van der Waals surface area contributed by atoms with E-state index >= 15 is 0 Å². The van der Waals surface area contributed by atoms with Gasteiger partial charge in [-0.05, 0) is 42.3 Å². The zero-order valence-electron chi connectivity index (χ0n) is 12.3. The minimum Gasteiger partial charge on any atom is -0.326 e. The average molecular weight is 321 g/mol. The quantitative estimate of drug-likeness (QED) is 0.795. The third kappa shape index (κ3) is 4.83. The number of carbonyl (C=O) groups excluding carboxylic acids is 1. The predicted molar refractivity (Wildman–Crippen MR) is 87.6 cm³/mol. The number of hydrogen-bond acceptors (Lipinski definition) is 2. The van der Waals surface area contributed by atoms with Crippen LogP contribution < -0.4 is 10.6 Å². The van der Waals surface area contributed by atoms with E-state index in [0.29, 0.717) is 25.1 Å². The second kappa shape index (κ2) is 7.92. The van der Waals surface area contributed by atoms with Crippen LogP contribution in [0.15, 0.2) is 42.5 Å². The number of anilines is 1. The first-order chi connectivity index (χ1) is 10.6. The fourth-order valence-corrected chi connectivity index (χ4v) is 2.30. The van der Waals surface area contributed by atoms with Crippen molar-refractivity contribution >= 4 is 23.2 Å². The number of hydrogen-bond donors (Lipinski definition) is 2. The van der Waals surface area contributed by atoms with Gasteiger partial charge in [0.2, 0.25) is 5.91 Å². The Hall–Kier alpha value is -1.91. The largest absolute Gasteiger partial charge is 0.326 e. The average Bonchev–Trinajstić information content (AvgIpc) is 2.49. The number of carbonyl (C=O) groups is 1. The number of amides is 1. The van der Waals surface area contributed by atoms with Crippen LogP contribution in [0.3, 0.4) is 0 Å². The Labute approximate surface area is 134 Å². The lowest BCUT2D eigenvalue weighted by Gasteiger charge is -2.08. The molecule has 116 valence electrons. The molecule has 2 rings (SSSR count). The van der Waals surface area contributed by atoms with Crippen molar-refractivity contribution in [3.05, 3.63) is 64.4 Å². The molecule has 3 nitrogen and oxygen atoms in total. The molecule has 0 saturated carbocycles. The summed E-state index contributed by atoms with van der Waals surface area (Å²) in [5, 5.41) is 6.14. The fourth-order valence-electron chi connectivity index (χ4n) is 2.11. The maximum Gasteiger partial charge on any atom is 0.221 e. The lowest BCUT2D eigenvalue weighted by molar-refractivity contribution is -0.114. The van der Waals surface area contributed by atoms with Crippen molar-refractivity contribution < 1.29 is 9.18 Å². The molecule has 0 atom stereocenters. The topological polar surface area (TPSA) is 41.1 Å². The molecular formula is C17H18ClFN2O. The minimum atomic E-state index is -0.342. The van der Waals surface area contributed by atoms with E-state index in [1.165, 1.54) is 6.92 Å². The molecule has 0 saturated heterocycles. The van der Waals surface area contributed by atoms with Crippen LogP contribution in [0.25, 0.3) is 0 Å². The van der Waals surface area contributed by atoms with E-state index < -0.39 is 0 Å². The van der Waals surface area contributed by atoms with Gasteiger partial charge in [0.05, 0.1) is 5.02 Å². The minimum absolute atomic E-state index is 0.0885. The molecule has 2 aromatic rings. The van der Waals surface area contributed by atoms with E-state index in [2.05, 4.69) is 10.6 Å². The number of halogens is 2. The SMILES string of the molecule is CC(=O)Nc1ccc(CNCCc2cccc(Cl)c2F)cc1. The zero-order chi connectivity index (χ0) is 15.9. The van der Waals surface area contributed by atoms with E-state index in [4.69, 9.17) is 11.6 Å². The molecule has 5 heteroatoms. The zero-order valence-corrected chi connectivity index (χ0v) is 13.1. The van der Waals surface area contributed by atoms with Crippen molar-refractivity contribution in [2.75, 3.05) is 11.9 Å². The molecule has 0 bridgehead atoms. The van der Waals surface area contributed by atoms with Crippen LogP contribution in [-0.4, -0.2) is 12.5 Å². The summed E-state index contributed by atoms with van der Waals surface area (Å²) in [6.07, 6.45) is 0.580. The van der Waals surface area contributed by atoms with Gasteiger partial charge in [0.1, 0.15) is 5.82 Å². The van der Waals surface area contributed by atoms with Gasteiger partial charge in [0.15, 0.2) is 0 Å². The summed E-state index contributed by atoms with van der Waals surface area (Å²) in [6, 6.07) is 12.6. The normalized spacial score (nSPS) is 10.5. The number of nitrogens with one attached hydrogen (secondary N) is 2. The Kier molecular flexibility index (Phi) is 5.92. The predicted octanol–water partition coefficient (Wildman–Crippen LogP) is 3.77. The summed E-state index contributed by atoms with van der Waals surface area (Å²) in [7, 11) is 0. The fraction of sp³-hybridized carbons (Fsp3) is 0.235. The van der Waals surface area contributed by atoms with Gasteiger partial charge in [-0.25, -0.2) is 4.39 Å². The highest BCUT2D eigenvalue weighted by Crippen LogP contribution is 2.18. The molecule has 0 fully saturated rings. The van der Waals surface area contributed by atoms with Crippen LogP contribution in [0.4, 0.5) is 10.1 Å². The third-order valence-corrected chi connectivity index (χ3v) is 3.50. The number of benzene rings is 2. The molecule has 0 aliphatic heterocycles. The number of rotatable bonds is 6. The van der Waals surface area contributed by atoms with Crippen LogP contribution in [-0.2, 0) is 17.8 Å². The van der Waals surface area contributed by atoms with Gasteiger partial charge >= 0.3 is 0 Å². The van der Waals surface area contributed by atoms with Crippen molar-refractivity contribution in [2.24, 2.45) is 0 Å². The molecule has 22 heavy (non-hydrogen) atoms. The molecule has 0 spiro atoms. The van der Waals surface area contributed by atoms with Crippen molar-refractivity contribution in [3.8, 4) is 0 Å². The standard InChI is InChI=1S/C17H18ClFN2O/c1-12(22)21-15-7-5-13(6-8-15)11-20-10-9-14-3-2-4-16(18)17(14)19/h2-8,20H,9-11H2,1H3,(H,21,22). The van der Waals surface area contributed by atoms with Crippen molar-refractivity contribution in [3.63, 3.8) is 0 Å². The highest BCUT2D eigenvalue weighted by molar-refractivity contribution is 6.30. The first kappa shape index (κ1) is 16.5. The van der Waals surface area contributed by atoms with E-state index in [-0.39, 0.29) is 16.7 Å². The van der Waals surface area contributed by atoms with E-state index in [0.717, 1.165) is 11.3 Å². The summed E-state index contributed by atoms with van der Waals surface area (Å²) < 4.78 is 13.7. The van der Waals surface area contributed by atoms with Crippen LogP contribution in [0.5, 0.6) is 0 Å². The van der Waals surface area contributed by atoms with Crippen LogP contribution >= 0.6 is 11.6 Å². The smallest absolute Gasteiger partial charge is 0.221 e. The van der Waals surface area contributed by atoms with Gasteiger partial charge in [-0.3, -0.25) is 4.79 Å². The monoisotopic (exact) mass is 320 g/mol. The van der Waals surface area contributed by atoms with Gasteiger partial charge in [0, 0.05) is 19.2 Å². The Balaban J connectivity index is 1.79. The Morgan fingerprint density at radius 2 is 1.91 bits per heavy atom. The van der Waals surface area contributed by atoms with Crippen molar-refractivity contribution in [1.82, 2.24) is 5.32 Å². The summed E-state index contributed by atoms with van der Waals surface area (Å²) in [5.41, 5.74) is 2.49. The first-order valence-corrected chi connectivity index (χ1v) is 7.44. The van der Waals surface area contributed by atoms with Crippen molar-refractivity contribution in [2.45, 2.75) is 19.9 Å². The molecule has 2 N–H and O–H groups in total. The van der Waals surface area contributed by atoms with E-state index in [1.807, 2.05) is 24.3 Å². The lowest BCUT2D eigenvalue weighted by atomic mass is 10.1. The summed E-state index contributed by atoms with van der Waals surface area (Å²) >= 11 is 5.75. The maximum absolute atomic E-state index is 13.7. The lowest BCUT2D eigenvalue weighted by Crippen LogP contribution is -2.17. The van der Waals surface area contributed by atoms with Gasteiger partial charge in [-0.1, -0.05) is 35.9 Å². The van der Waals surface area contributed by atoms with Gasteiger partial charge in [0.25, 0.3) is 0 Å². The Morgan fingerprint density at radius 3 is 2.59 bits per heavy atom. The molecule has 0 unspecified atom stereocenters. The Morgan fingerprint density at radius 1 is 1.18 bits per heavy atom. The third-order valence-electron chi connectivity index (χ3n) is 3.21. The molecule has 2 aromatic carbocycles. The van der Waals surface area contributed by atoms with Gasteiger partial charge in [-0.2, -0.15) is 0 Å². The molecule has 0 aliphatic carbocycles. The summed E-state index contributed by atoms with van der Waals surface area (Å²) in [5.74, 6) is -0.431. The Bertz CT molecular complexity index is 644. The summed E-state index contributed by atoms with van der Waals surface area (Å²) in [6.45, 7) is 2.82. The summed E-state index contributed by atoms with van der Waals surface area (Å²) in [4.78, 5) is 10.9. The van der Waals surface area contributed by atoms with Gasteiger partial charge in [-0.15, -0.1) is 0 Å². The van der Waals surface area contributed by atoms with E-state index in [9.17, 15) is 9.18 Å². The molecule has 0 aliphatic rings. The molecule has 0 heterocycles. The van der Waals surface area contributed by atoms with Crippen LogP contribution in [0.1, 0.15) is 18.1 Å². The molecule has 0 aromatic heterocycles.